The van der Waals surface area contributed by atoms with Crippen LogP contribution in [0.3, 0.4) is 0 Å². The molecule has 0 aromatic heterocycles. The Morgan fingerprint density at radius 1 is 1.24 bits per heavy atom. The molecule has 1 fully saturated rings. The van der Waals surface area contributed by atoms with Crippen molar-refractivity contribution in [2.75, 3.05) is 13.1 Å². The van der Waals surface area contributed by atoms with Gasteiger partial charge in [0.1, 0.15) is 0 Å². The SMILES string of the molecule is Cl.O=S(=O)(c1cccc(Br)c1)C1CCNCC1. The molecule has 0 atom stereocenters. The highest BCUT2D eigenvalue weighted by molar-refractivity contribution is 9.10. The van der Waals surface area contributed by atoms with Gasteiger partial charge in [-0.25, -0.2) is 8.42 Å². The summed E-state index contributed by atoms with van der Waals surface area (Å²) in [5, 5.41) is 2.94. The highest BCUT2D eigenvalue weighted by atomic mass is 79.9. The van der Waals surface area contributed by atoms with E-state index in [4.69, 9.17) is 0 Å². The number of rotatable bonds is 2. The lowest BCUT2D eigenvalue weighted by atomic mass is 10.2. The standard InChI is InChI=1S/C11H14BrNO2S.ClH/c12-9-2-1-3-11(8-9)16(14,15)10-4-6-13-7-5-10;/h1-3,8,10,13H,4-7H2;1H. The molecule has 1 aliphatic heterocycles. The Morgan fingerprint density at radius 2 is 1.88 bits per heavy atom. The van der Waals surface area contributed by atoms with Crippen LogP contribution in [0, 0.1) is 0 Å². The number of sulfone groups is 1. The van der Waals surface area contributed by atoms with Crippen LogP contribution in [0.4, 0.5) is 0 Å². The van der Waals surface area contributed by atoms with Gasteiger partial charge in [0.15, 0.2) is 9.84 Å². The lowest BCUT2D eigenvalue weighted by Crippen LogP contribution is -2.35. The molecule has 0 amide bonds. The zero-order valence-corrected chi connectivity index (χ0v) is 12.4. The largest absolute Gasteiger partial charge is 0.317 e. The van der Waals surface area contributed by atoms with E-state index in [1.54, 1.807) is 18.2 Å². The second-order valence-electron chi connectivity index (χ2n) is 3.95. The van der Waals surface area contributed by atoms with Crippen LogP contribution in [-0.2, 0) is 9.84 Å². The quantitative estimate of drug-likeness (QED) is 0.899. The van der Waals surface area contributed by atoms with Crippen molar-refractivity contribution < 1.29 is 8.42 Å². The molecule has 6 heteroatoms. The molecule has 0 aliphatic carbocycles. The second kappa shape index (κ2) is 6.18. The molecule has 0 bridgehead atoms. The fraction of sp³-hybridized carbons (Fsp3) is 0.455. The van der Waals surface area contributed by atoms with E-state index in [-0.39, 0.29) is 17.7 Å². The van der Waals surface area contributed by atoms with Crippen LogP contribution in [0.5, 0.6) is 0 Å². The molecule has 0 radical (unpaired) electrons. The van der Waals surface area contributed by atoms with Gasteiger partial charge in [-0.1, -0.05) is 22.0 Å². The van der Waals surface area contributed by atoms with Gasteiger partial charge in [-0.15, -0.1) is 12.4 Å². The highest BCUT2D eigenvalue weighted by Gasteiger charge is 2.28. The molecule has 1 aromatic rings. The summed E-state index contributed by atoms with van der Waals surface area (Å²) in [6.45, 7) is 1.58. The number of halogens is 2. The van der Waals surface area contributed by atoms with Gasteiger partial charge in [-0.3, -0.25) is 0 Å². The predicted molar refractivity (Wildman–Crippen MR) is 74.5 cm³/mol. The van der Waals surface area contributed by atoms with Gasteiger partial charge in [-0.05, 0) is 44.1 Å². The summed E-state index contributed by atoms with van der Waals surface area (Å²) in [5.41, 5.74) is 0. The maximum atomic E-state index is 12.3. The van der Waals surface area contributed by atoms with E-state index in [1.165, 1.54) is 0 Å². The van der Waals surface area contributed by atoms with Gasteiger partial charge >= 0.3 is 0 Å². The summed E-state index contributed by atoms with van der Waals surface area (Å²) in [6.07, 6.45) is 1.41. The van der Waals surface area contributed by atoms with Crippen LogP contribution >= 0.6 is 28.3 Å². The first-order valence-electron chi connectivity index (χ1n) is 5.31. The van der Waals surface area contributed by atoms with Gasteiger partial charge in [0, 0.05) is 4.47 Å². The Bertz CT molecular complexity index is 472. The minimum atomic E-state index is -3.15. The van der Waals surface area contributed by atoms with E-state index in [9.17, 15) is 8.42 Å². The summed E-state index contributed by atoms with van der Waals surface area (Å²) < 4.78 is 25.4. The van der Waals surface area contributed by atoms with Crippen LogP contribution in [0.15, 0.2) is 33.6 Å². The van der Waals surface area contributed by atoms with Gasteiger partial charge < -0.3 is 5.32 Å². The van der Waals surface area contributed by atoms with Gasteiger partial charge in [0.25, 0.3) is 0 Å². The Hall–Kier alpha value is -0.100. The first kappa shape index (κ1) is 15.0. The van der Waals surface area contributed by atoms with Crippen LogP contribution in [0.1, 0.15) is 12.8 Å². The maximum Gasteiger partial charge on any atom is 0.181 e. The van der Waals surface area contributed by atoms with E-state index >= 15 is 0 Å². The smallest absolute Gasteiger partial charge is 0.181 e. The minimum absolute atomic E-state index is 0. The van der Waals surface area contributed by atoms with Crippen molar-refractivity contribution in [3.8, 4) is 0 Å². The van der Waals surface area contributed by atoms with Crippen molar-refractivity contribution in [3.63, 3.8) is 0 Å². The lowest BCUT2D eigenvalue weighted by molar-refractivity contribution is 0.496. The molecule has 0 saturated carbocycles. The van der Waals surface area contributed by atoms with E-state index in [1.807, 2.05) is 6.07 Å². The molecule has 0 spiro atoms. The van der Waals surface area contributed by atoms with Gasteiger partial charge in [0.05, 0.1) is 10.1 Å². The molecule has 1 aromatic carbocycles. The number of hydrogen-bond acceptors (Lipinski definition) is 3. The highest BCUT2D eigenvalue weighted by Crippen LogP contribution is 2.24. The third-order valence-electron chi connectivity index (χ3n) is 2.85. The molecule has 1 heterocycles. The van der Waals surface area contributed by atoms with Crippen LogP contribution in [0.2, 0.25) is 0 Å². The van der Waals surface area contributed by atoms with Crippen molar-refractivity contribution in [1.29, 1.82) is 0 Å². The molecule has 0 unspecified atom stereocenters. The Labute approximate surface area is 116 Å². The van der Waals surface area contributed by atoms with Gasteiger partial charge in [0.2, 0.25) is 0 Å². The summed E-state index contributed by atoms with van der Waals surface area (Å²) >= 11 is 3.30. The average molecular weight is 341 g/mol. The lowest BCUT2D eigenvalue weighted by Gasteiger charge is -2.22. The second-order valence-corrected chi connectivity index (χ2v) is 7.10. The summed E-state index contributed by atoms with van der Waals surface area (Å²) in [6, 6.07) is 6.94. The van der Waals surface area contributed by atoms with Crippen molar-refractivity contribution in [3.05, 3.63) is 28.7 Å². The number of piperidine rings is 1. The predicted octanol–water partition coefficient (Wildman–Crippen LogP) is 2.40. The Balaban J connectivity index is 0.00000144. The van der Waals surface area contributed by atoms with Crippen LogP contribution in [-0.4, -0.2) is 26.8 Å². The molecular formula is C11H15BrClNO2S. The van der Waals surface area contributed by atoms with Crippen LogP contribution < -0.4 is 5.32 Å². The fourth-order valence-electron chi connectivity index (χ4n) is 1.94. The molecular weight excluding hydrogens is 326 g/mol. The van der Waals surface area contributed by atoms with Crippen molar-refractivity contribution in [2.45, 2.75) is 23.0 Å². The topological polar surface area (TPSA) is 46.2 Å². The molecule has 2 rings (SSSR count). The maximum absolute atomic E-state index is 12.3. The normalized spacial score (nSPS) is 17.5. The molecule has 96 valence electrons. The monoisotopic (exact) mass is 339 g/mol. The van der Waals surface area contributed by atoms with Crippen molar-refractivity contribution >= 4 is 38.2 Å². The fourth-order valence-corrected chi connectivity index (χ4v) is 4.29. The summed E-state index contributed by atoms with van der Waals surface area (Å²) in [7, 11) is -3.15. The molecule has 1 N–H and O–H groups in total. The van der Waals surface area contributed by atoms with E-state index in [0.717, 1.165) is 17.6 Å². The molecule has 17 heavy (non-hydrogen) atoms. The summed E-state index contributed by atoms with van der Waals surface area (Å²) in [4.78, 5) is 0.425. The van der Waals surface area contributed by atoms with E-state index in [2.05, 4.69) is 21.2 Å². The number of benzene rings is 1. The molecule has 3 nitrogen and oxygen atoms in total. The third-order valence-corrected chi connectivity index (χ3v) is 5.60. The Morgan fingerprint density at radius 3 is 2.47 bits per heavy atom. The Kier molecular flexibility index (Phi) is 5.44. The minimum Gasteiger partial charge on any atom is -0.317 e. The molecule has 1 saturated heterocycles. The van der Waals surface area contributed by atoms with Crippen molar-refractivity contribution in [2.24, 2.45) is 0 Å². The number of nitrogens with one attached hydrogen (secondary N) is 1. The van der Waals surface area contributed by atoms with Crippen LogP contribution in [0.25, 0.3) is 0 Å². The zero-order valence-electron chi connectivity index (χ0n) is 9.23. The summed E-state index contributed by atoms with van der Waals surface area (Å²) in [5.74, 6) is 0. The van der Waals surface area contributed by atoms with E-state index < -0.39 is 9.84 Å². The van der Waals surface area contributed by atoms with Crippen molar-refractivity contribution in [1.82, 2.24) is 5.32 Å². The zero-order chi connectivity index (χ0) is 11.6. The number of hydrogen-bond donors (Lipinski definition) is 1. The van der Waals surface area contributed by atoms with Gasteiger partial charge in [-0.2, -0.15) is 0 Å². The first-order valence-corrected chi connectivity index (χ1v) is 7.65. The average Bonchev–Trinajstić information content (AvgIpc) is 2.30. The first-order chi connectivity index (χ1) is 7.60. The van der Waals surface area contributed by atoms with E-state index in [0.29, 0.717) is 17.7 Å². The molecule has 1 aliphatic rings. The third kappa shape index (κ3) is 3.44.